The van der Waals surface area contributed by atoms with Crippen molar-refractivity contribution in [2.24, 2.45) is 5.92 Å². The van der Waals surface area contributed by atoms with Crippen molar-refractivity contribution in [1.82, 2.24) is 5.32 Å². The highest BCUT2D eigenvalue weighted by molar-refractivity contribution is 7.17. The summed E-state index contributed by atoms with van der Waals surface area (Å²) >= 11 is 1.52. The Hall–Kier alpha value is -2.34. The van der Waals surface area contributed by atoms with Crippen LogP contribution in [0.3, 0.4) is 0 Å². The summed E-state index contributed by atoms with van der Waals surface area (Å²) in [5.41, 5.74) is 2.24. The van der Waals surface area contributed by atoms with Crippen LogP contribution in [0.1, 0.15) is 44.5 Å². The zero-order chi connectivity index (χ0) is 18.0. The van der Waals surface area contributed by atoms with E-state index in [1.807, 2.05) is 0 Å². The number of anilines is 1. The van der Waals surface area contributed by atoms with Crippen molar-refractivity contribution >= 4 is 28.2 Å². The maximum absolute atomic E-state index is 12.6. The molecule has 3 rings (SSSR count). The molecule has 1 aromatic heterocycles. The van der Waals surface area contributed by atoms with Crippen molar-refractivity contribution in [3.63, 3.8) is 0 Å². The van der Waals surface area contributed by atoms with Crippen LogP contribution >= 0.6 is 11.3 Å². The van der Waals surface area contributed by atoms with E-state index < -0.39 is 0 Å². The third kappa shape index (κ3) is 3.54. The van der Waals surface area contributed by atoms with Gasteiger partial charge in [0, 0.05) is 17.5 Å². The molecule has 25 heavy (non-hydrogen) atoms. The van der Waals surface area contributed by atoms with Crippen molar-refractivity contribution in [1.29, 1.82) is 0 Å². The molecule has 1 aliphatic carbocycles. The molecule has 0 fully saturated rings. The molecule has 0 radical (unpaired) electrons. The SMILES string of the molecule is CNC(=O)c1c(NC(=O)c2ccc(OC)cc2)sc2c1CCC(C)C2. The van der Waals surface area contributed by atoms with E-state index in [1.54, 1.807) is 38.4 Å². The summed E-state index contributed by atoms with van der Waals surface area (Å²) in [5.74, 6) is 0.938. The summed E-state index contributed by atoms with van der Waals surface area (Å²) in [7, 11) is 3.20. The quantitative estimate of drug-likeness (QED) is 0.879. The molecule has 0 saturated heterocycles. The molecule has 2 aromatic rings. The largest absolute Gasteiger partial charge is 0.497 e. The van der Waals surface area contributed by atoms with Crippen LogP contribution in [0.15, 0.2) is 24.3 Å². The Morgan fingerprint density at radius 2 is 1.92 bits per heavy atom. The first-order chi connectivity index (χ1) is 12.0. The lowest BCUT2D eigenvalue weighted by Gasteiger charge is -2.18. The van der Waals surface area contributed by atoms with Crippen LogP contribution in [0.2, 0.25) is 0 Å². The Labute approximate surface area is 151 Å². The van der Waals surface area contributed by atoms with Gasteiger partial charge in [-0.2, -0.15) is 0 Å². The monoisotopic (exact) mass is 358 g/mol. The van der Waals surface area contributed by atoms with E-state index in [2.05, 4.69) is 17.6 Å². The molecule has 1 aromatic carbocycles. The Morgan fingerprint density at radius 3 is 2.56 bits per heavy atom. The summed E-state index contributed by atoms with van der Waals surface area (Å²) < 4.78 is 5.11. The maximum Gasteiger partial charge on any atom is 0.256 e. The Bertz CT molecular complexity index is 796. The number of hydrogen-bond donors (Lipinski definition) is 2. The lowest BCUT2D eigenvalue weighted by molar-refractivity contribution is 0.0963. The second-order valence-corrected chi connectivity index (χ2v) is 7.42. The fourth-order valence-electron chi connectivity index (χ4n) is 3.12. The number of hydrogen-bond acceptors (Lipinski definition) is 4. The lowest BCUT2D eigenvalue weighted by atomic mass is 9.88. The normalized spacial score (nSPS) is 16.0. The molecule has 1 heterocycles. The molecule has 2 amide bonds. The summed E-state index contributed by atoms with van der Waals surface area (Å²) in [6.45, 7) is 2.22. The predicted octanol–water partition coefficient (Wildman–Crippen LogP) is 3.49. The molecule has 132 valence electrons. The Morgan fingerprint density at radius 1 is 1.20 bits per heavy atom. The molecule has 0 spiro atoms. The van der Waals surface area contributed by atoms with Gasteiger partial charge in [-0.15, -0.1) is 11.3 Å². The summed E-state index contributed by atoms with van der Waals surface area (Å²) in [4.78, 5) is 26.2. The molecule has 2 N–H and O–H groups in total. The number of nitrogens with one attached hydrogen (secondary N) is 2. The van der Waals surface area contributed by atoms with E-state index in [4.69, 9.17) is 4.74 Å². The molecule has 1 unspecified atom stereocenters. The minimum absolute atomic E-state index is 0.142. The maximum atomic E-state index is 12.6. The molecular formula is C19H22N2O3S. The van der Waals surface area contributed by atoms with Gasteiger partial charge in [0.25, 0.3) is 11.8 Å². The van der Waals surface area contributed by atoms with Crippen LogP contribution in [0.5, 0.6) is 5.75 Å². The first-order valence-electron chi connectivity index (χ1n) is 8.35. The van der Waals surface area contributed by atoms with Gasteiger partial charge < -0.3 is 15.4 Å². The van der Waals surface area contributed by atoms with Crippen molar-refractivity contribution in [3.8, 4) is 5.75 Å². The van der Waals surface area contributed by atoms with Crippen molar-refractivity contribution < 1.29 is 14.3 Å². The number of carbonyl (C=O) groups excluding carboxylic acids is 2. The predicted molar refractivity (Wildman–Crippen MR) is 99.8 cm³/mol. The summed E-state index contributed by atoms with van der Waals surface area (Å²) in [5, 5.41) is 6.26. The molecule has 0 bridgehead atoms. The summed E-state index contributed by atoms with van der Waals surface area (Å²) in [6, 6.07) is 6.91. The van der Waals surface area contributed by atoms with Gasteiger partial charge in [-0.25, -0.2) is 0 Å². The fraction of sp³-hybridized carbons (Fsp3) is 0.368. The number of benzene rings is 1. The van der Waals surface area contributed by atoms with Crippen LogP contribution in [-0.2, 0) is 12.8 Å². The number of amides is 2. The van der Waals surface area contributed by atoms with Gasteiger partial charge in [0.1, 0.15) is 10.8 Å². The van der Waals surface area contributed by atoms with Gasteiger partial charge >= 0.3 is 0 Å². The molecule has 1 aliphatic rings. The standard InChI is InChI=1S/C19H22N2O3S/c1-11-4-9-14-15(10-11)25-19(16(14)18(23)20-2)21-17(22)12-5-7-13(24-3)8-6-12/h5-8,11H,4,9-10H2,1-3H3,(H,20,23)(H,21,22). The van der Waals surface area contributed by atoms with E-state index in [0.29, 0.717) is 27.8 Å². The molecule has 5 nitrogen and oxygen atoms in total. The van der Waals surface area contributed by atoms with Crippen LogP contribution in [-0.4, -0.2) is 26.0 Å². The first-order valence-corrected chi connectivity index (χ1v) is 9.17. The highest BCUT2D eigenvalue weighted by Crippen LogP contribution is 2.39. The topological polar surface area (TPSA) is 67.4 Å². The third-order valence-corrected chi connectivity index (χ3v) is 5.71. The first kappa shape index (κ1) is 17.5. The number of carbonyl (C=O) groups is 2. The van der Waals surface area contributed by atoms with E-state index in [0.717, 1.165) is 24.8 Å². The van der Waals surface area contributed by atoms with Crippen LogP contribution in [0.4, 0.5) is 5.00 Å². The van der Waals surface area contributed by atoms with Crippen LogP contribution in [0.25, 0.3) is 0 Å². The Kier molecular flexibility index (Phi) is 5.08. The third-order valence-electron chi connectivity index (χ3n) is 4.55. The van der Waals surface area contributed by atoms with E-state index in [-0.39, 0.29) is 11.8 Å². The van der Waals surface area contributed by atoms with Gasteiger partial charge in [-0.3, -0.25) is 9.59 Å². The number of fused-ring (bicyclic) bond motifs is 1. The van der Waals surface area contributed by atoms with E-state index in [9.17, 15) is 9.59 Å². The van der Waals surface area contributed by atoms with Gasteiger partial charge in [-0.1, -0.05) is 6.92 Å². The van der Waals surface area contributed by atoms with Gasteiger partial charge in [0.05, 0.1) is 12.7 Å². The number of rotatable bonds is 4. The second kappa shape index (κ2) is 7.27. The van der Waals surface area contributed by atoms with Gasteiger partial charge in [0.15, 0.2) is 0 Å². The number of thiophene rings is 1. The molecule has 0 saturated carbocycles. The minimum atomic E-state index is -0.223. The molecule has 1 atom stereocenters. The molecular weight excluding hydrogens is 336 g/mol. The van der Waals surface area contributed by atoms with Crippen molar-refractivity contribution in [2.75, 3.05) is 19.5 Å². The number of ether oxygens (including phenoxy) is 1. The fourth-order valence-corrected chi connectivity index (χ4v) is 4.52. The second-order valence-electron chi connectivity index (χ2n) is 6.32. The minimum Gasteiger partial charge on any atom is -0.497 e. The smallest absolute Gasteiger partial charge is 0.256 e. The average molecular weight is 358 g/mol. The van der Waals surface area contributed by atoms with E-state index >= 15 is 0 Å². The van der Waals surface area contributed by atoms with Gasteiger partial charge in [0.2, 0.25) is 0 Å². The van der Waals surface area contributed by atoms with Gasteiger partial charge in [-0.05, 0) is 55.0 Å². The van der Waals surface area contributed by atoms with Crippen molar-refractivity contribution in [2.45, 2.75) is 26.2 Å². The van der Waals surface area contributed by atoms with Crippen molar-refractivity contribution in [3.05, 3.63) is 45.8 Å². The molecule has 6 heteroatoms. The average Bonchev–Trinajstić information content (AvgIpc) is 2.97. The zero-order valence-corrected chi connectivity index (χ0v) is 15.5. The lowest BCUT2D eigenvalue weighted by Crippen LogP contribution is -2.22. The van der Waals surface area contributed by atoms with E-state index in [1.165, 1.54) is 16.2 Å². The van der Waals surface area contributed by atoms with Crippen LogP contribution < -0.4 is 15.4 Å². The molecule has 0 aliphatic heterocycles. The summed E-state index contributed by atoms with van der Waals surface area (Å²) in [6.07, 6.45) is 2.91. The number of methoxy groups -OCH3 is 1. The Balaban J connectivity index is 1.90. The zero-order valence-electron chi connectivity index (χ0n) is 14.6. The highest BCUT2D eigenvalue weighted by Gasteiger charge is 2.28. The highest BCUT2D eigenvalue weighted by atomic mass is 32.1. The van der Waals surface area contributed by atoms with Crippen LogP contribution in [0, 0.1) is 5.92 Å².